The molecule has 0 aliphatic rings. The van der Waals surface area contributed by atoms with Gasteiger partial charge in [0.05, 0.1) is 0 Å². The van der Waals surface area contributed by atoms with Crippen molar-refractivity contribution in [2.24, 2.45) is 0 Å². The maximum atomic E-state index is 12.9. The molecular weight excluding hydrogens is 889 g/mol. The van der Waals surface area contributed by atoms with E-state index in [0.717, 1.165) is 128 Å². The lowest BCUT2D eigenvalue weighted by Crippen LogP contribution is -2.30. The van der Waals surface area contributed by atoms with Crippen LogP contribution in [0.2, 0.25) is 0 Å². The Labute approximate surface area is 443 Å². The van der Waals surface area contributed by atoms with Gasteiger partial charge in [-0.2, -0.15) is 0 Å². The lowest BCUT2D eigenvalue weighted by Gasteiger charge is -2.18. The Hall–Kier alpha value is -4.19. The minimum Gasteiger partial charge on any atom is -0.462 e. The van der Waals surface area contributed by atoms with Gasteiger partial charge in [0.15, 0.2) is 6.10 Å². The highest BCUT2D eigenvalue weighted by molar-refractivity contribution is 5.71. The Morgan fingerprint density at radius 3 is 0.889 bits per heavy atom. The van der Waals surface area contributed by atoms with Gasteiger partial charge in [-0.05, 0) is 128 Å². The number of carbonyl (C=O) groups is 3. The van der Waals surface area contributed by atoms with Gasteiger partial charge in [-0.3, -0.25) is 14.4 Å². The molecular formula is C66H108O6. The average molecular weight is 998 g/mol. The second-order valence-corrected chi connectivity index (χ2v) is 19.1. The minimum absolute atomic E-state index is 0.105. The number of esters is 3. The molecule has 0 aromatic rings. The first-order valence-corrected chi connectivity index (χ1v) is 29.5. The van der Waals surface area contributed by atoms with Crippen molar-refractivity contribution in [1.29, 1.82) is 0 Å². The van der Waals surface area contributed by atoms with Crippen LogP contribution in [0.3, 0.4) is 0 Å². The third kappa shape index (κ3) is 56.7. The zero-order valence-corrected chi connectivity index (χ0v) is 46.7. The van der Waals surface area contributed by atoms with Crippen molar-refractivity contribution in [3.63, 3.8) is 0 Å². The van der Waals surface area contributed by atoms with Crippen LogP contribution >= 0.6 is 0 Å². The molecule has 1 unspecified atom stereocenters. The molecule has 6 heteroatoms. The summed E-state index contributed by atoms with van der Waals surface area (Å²) in [4.78, 5) is 38.2. The molecule has 0 rings (SSSR count). The maximum Gasteiger partial charge on any atom is 0.306 e. The van der Waals surface area contributed by atoms with Crippen LogP contribution < -0.4 is 0 Å². The average Bonchev–Trinajstić information content (AvgIpc) is 3.38. The molecule has 0 aromatic heterocycles. The molecule has 0 amide bonds. The summed E-state index contributed by atoms with van der Waals surface area (Å²) in [5, 5.41) is 0. The van der Waals surface area contributed by atoms with Gasteiger partial charge in [-0.1, -0.05) is 232 Å². The topological polar surface area (TPSA) is 78.9 Å². The molecule has 0 saturated heterocycles. The number of hydrogen-bond acceptors (Lipinski definition) is 6. The van der Waals surface area contributed by atoms with E-state index in [1.165, 1.54) is 83.5 Å². The van der Waals surface area contributed by atoms with E-state index in [1.807, 2.05) is 0 Å². The normalized spacial score (nSPS) is 13.0. The molecule has 0 aliphatic heterocycles. The van der Waals surface area contributed by atoms with Crippen LogP contribution in [0.25, 0.3) is 0 Å². The molecule has 0 aliphatic carbocycles. The molecule has 0 fully saturated rings. The number of rotatable bonds is 52. The highest BCUT2D eigenvalue weighted by Crippen LogP contribution is 2.14. The van der Waals surface area contributed by atoms with Crippen LogP contribution in [0.5, 0.6) is 0 Å². The van der Waals surface area contributed by atoms with Gasteiger partial charge in [-0.25, -0.2) is 0 Å². The van der Waals surface area contributed by atoms with Gasteiger partial charge < -0.3 is 14.2 Å². The van der Waals surface area contributed by atoms with Crippen molar-refractivity contribution in [2.75, 3.05) is 13.2 Å². The number of hydrogen-bond donors (Lipinski definition) is 0. The fourth-order valence-electron chi connectivity index (χ4n) is 7.81. The second-order valence-electron chi connectivity index (χ2n) is 19.1. The fourth-order valence-corrected chi connectivity index (χ4v) is 7.81. The van der Waals surface area contributed by atoms with E-state index in [9.17, 15) is 14.4 Å². The molecule has 0 saturated carbocycles. The highest BCUT2D eigenvalue weighted by Gasteiger charge is 2.19. The maximum absolute atomic E-state index is 12.9. The van der Waals surface area contributed by atoms with Crippen LogP contribution in [-0.4, -0.2) is 37.2 Å². The molecule has 408 valence electrons. The second kappa shape index (κ2) is 59.4. The van der Waals surface area contributed by atoms with Crippen LogP contribution in [0, 0.1) is 0 Å². The van der Waals surface area contributed by atoms with Crippen molar-refractivity contribution in [3.05, 3.63) is 122 Å². The Bertz CT molecular complexity index is 1520. The van der Waals surface area contributed by atoms with Crippen LogP contribution in [-0.2, 0) is 28.6 Å². The summed E-state index contributed by atoms with van der Waals surface area (Å²) in [6, 6.07) is 0. The zero-order chi connectivity index (χ0) is 52.2. The van der Waals surface area contributed by atoms with Crippen molar-refractivity contribution in [3.8, 4) is 0 Å². The summed E-state index contributed by atoms with van der Waals surface area (Å²) < 4.78 is 16.8. The first-order chi connectivity index (χ1) is 35.5. The summed E-state index contributed by atoms with van der Waals surface area (Å²) in [6.07, 6.45) is 81.9. The monoisotopic (exact) mass is 997 g/mol. The first kappa shape index (κ1) is 67.8. The Morgan fingerprint density at radius 2 is 0.542 bits per heavy atom. The molecule has 0 spiro atoms. The standard InChI is InChI=1S/C66H108O6/c1-4-7-10-13-16-19-22-25-28-30-32-33-34-36-38-41-44-47-50-53-56-59-65(68)71-62-63(61-70-64(67)58-55-52-49-46-43-40-37-27-24-21-18-15-12-9-6-3)72-66(69)60-57-54-51-48-45-42-39-35-31-29-26-23-20-17-14-11-8-5-2/h7,9-10,12,16,18-19,21,25,27-29,31-33,36-38,44,47,63H,4-6,8,11,13-15,17,20,22-24,26,30,34-35,39-43,45-46,48-62H2,1-3H3/b10-7-,12-9-,19-16-,21-18-,28-25-,31-29-,33-32-,37-27-,38-36-,47-44-. The quantitative estimate of drug-likeness (QED) is 0.0261. The predicted octanol–water partition coefficient (Wildman–Crippen LogP) is 20.0. The van der Waals surface area contributed by atoms with Gasteiger partial charge >= 0.3 is 17.9 Å². The fraction of sp³-hybridized carbons (Fsp3) is 0.652. The van der Waals surface area contributed by atoms with E-state index in [0.29, 0.717) is 25.7 Å². The van der Waals surface area contributed by atoms with Crippen molar-refractivity contribution >= 4 is 17.9 Å². The summed E-state index contributed by atoms with van der Waals surface area (Å²) in [6.45, 7) is 6.36. The van der Waals surface area contributed by atoms with E-state index < -0.39 is 6.10 Å². The van der Waals surface area contributed by atoms with Crippen molar-refractivity contribution in [2.45, 2.75) is 264 Å². The molecule has 0 heterocycles. The lowest BCUT2D eigenvalue weighted by molar-refractivity contribution is -0.167. The minimum atomic E-state index is -0.810. The highest BCUT2D eigenvalue weighted by atomic mass is 16.6. The molecule has 6 nitrogen and oxygen atoms in total. The molecule has 0 radical (unpaired) electrons. The summed E-state index contributed by atoms with van der Waals surface area (Å²) in [5.41, 5.74) is 0. The van der Waals surface area contributed by atoms with Gasteiger partial charge in [0.25, 0.3) is 0 Å². The summed E-state index contributed by atoms with van der Waals surface area (Å²) in [5.74, 6) is -0.970. The third-order valence-corrected chi connectivity index (χ3v) is 12.2. The van der Waals surface area contributed by atoms with E-state index in [-0.39, 0.29) is 31.1 Å². The van der Waals surface area contributed by atoms with Crippen molar-refractivity contribution in [1.82, 2.24) is 0 Å². The predicted molar refractivity (Wildman–Crippen MR) is 311 cm³/mol. The van der Waals surface area contributed by atoms with Crippen LogP contribution in [0.1, 0.15) is 258 Å². The van der Waals surface area contributed by atoms with E-state index >= 15 is 0 Å². The lowest BCUT2D eigenvalue weighted by atomic mass is 10.1. The molecule has 0 N–H and O–H groups in total. The van der Waals surface area contributed by atoms with E-state index in [2.05, 4.69) is 142 Å². The number of ether oxygens (including phenoxy) is 3. The molecule has 1 atom stereocenters. The number of allylic oxidation sites excluding steroid dienone is 20. The number of unbranched alkanes of at least 4 members (excludes halogenated alkanes) is 21. The van der Waals surface area contributed by atoms with Gasteiger partial charge in [0.2, 0.25) is 0 Å². The summed E-state index contributed by atoms with van der Waals surface area (Å²) >= 11 is 0. The Balaban J connectivity index is 4.50. The van der Waals surface area contributed by atoms with Gasteiger partial charge in [0, 0.05) is 19.3 Å². The van der Waals surface area contributed by atoms with Crippen molar-refractivity contribution < 1.29 is 28.6 Å². The Kier molecular flexibility index (Phi) is 55.9. The third-order valence-electron chi connectivity index (χ3n) is 12.2. The SMILES string of the molecule is CC/C=C\C/C=C\C/C=C\C/C=C\C/C=C\C/C=C\CCCCC(=O)OCC(COC(=O)CCCCCCC/C=C\C/C=C\C/C=C\CC)OC(=O)CCCCCCCCC/C=C\CCCCCCCCC. The van der Waals surface area contributed by atoms with Gasteiger partial charge in [0.1, 0.15) is 13.2 Å². The molecule has 72 heavy (non-hydrogen) atoms. The van der Waals surface area contributed by atoms with Crippen LogP contribution in [0.15, 0.2) is 122 Å². The van der Waals surface area contributed by atoms with Gasteiger partial charge in [-0.15, -0.1) is 0 Å². The first-order valence-electron chi connectivity index (χ1n) is 29.5. The largest absolute Gasteiger partial charge is 0.462 e. The zero-order valence-electron chi connectivity index (χ0n) is 46.7. The van der Waals surface area contributed by atoms with E-state index in [1.54, 1.807) is 0 Å². The van der Waals surface area contributed by atoms with Crippen LogP contribution in [0.4, 0.5) is 0 Å². The summed E-state index contributed by atoms with van der Waals surface area (Å²) in [7, 11) is 0. The molecule has 0 bridgehead atoms. The molecule has 0 aromatic carbocycles. The smallest absolute Gasteiger partial charge is 0.306 e. The Morgan fingerprint density at radius 1 is 0.292 bits per heavy atom. The van der Waals surface area contributed by atoms with E-state index in [4.69, 9.17) is 14.2 Å². The number of carbonyl (C=O) groups excluding carboxylic acids is 3.